The molecule has 0 spiro atoms. The summed E-state index contributed by atoms with van der Waals surface area (Å²) in [5.74, 6) is 0.0703. The highest BCUT2D eigenvalue weighted by molar-refractivity contribution is 14.1. The van der Waals surface area contributed by atoms with Crippen LogP contribution in [0.1, 0.15) is 0 Å². The molecule has 0 saturated carbocycles. The Morgan fingerprint density at radius 2 is 2.00 bits per heavy atom. The number of aromatic nitrogens is 2. The van der Waals surface area contributed by atoms with Crippen molar-refractivity contribution in [2.24, 2.45) is 0 Å². The van der Waals surface area contributed by atoms with Crippen molar-refractivity contribution in [1.82, 2.24) is 9.55 Å². The minimum absolute atomic E-state index is 0.279. The van der Waals surface area contributed by atoms with Crippen molar-refractivity contribution in [2.45, 2.75) is 0 Å². The van der Waals surface area contributed by atoms with E-state index in [4.69, 9.17) is 17.3 Å². The van der Waals surface area contributed by atoms with Gasteiger partial charge in [-0.15, -0.1) is 0 Å². The fourth-order valence-electron chi connectivity index (χ4n) is 1.99. The maximum atomic E-state index is 13.2. The first-order valence-electron chi connectivity index (χ1n) is 5.45. The van der Waals surface area contributed by atoms with Gasteiger partial charge in [0, 0.05) is 8.59 Å². The molecule has 0 radical (unpaired) electrons. The molecular formula is C13H8ClFIN3. The maximum Gasteiger partial charge on any atom is 0.205 e. The fourth-order valence-corrected chi connectivity index (χ4v) is 2.87. The summed E-state index contributed by atoms with van der Waals surface area (Å²) < 4.78 is 15.7. The van der Waals surface area contributed by atoms with Crippen LogP contribution in [-0.4, -0.2) is 9.55 Å². The smallest absolute Gasteiger partial charge is 0.205 e. The Bertz CT molecular complexity index is 785. The van der Waals surface area contributed by atoms with E-state index in [9.17, 15) is 4.39 Å². The zero-order chi connectivity index (χ0) is 13.6. The Balaban J connectivity index is 2.33. The molecule has 3 aromatic rings. The highest BCUT2D eigenvalue weighted by atomic mass is 127. The lowest BCUT2D eigenvalue weighted by atomic mass is 10.2. The number of rotatable bonds is 1. The van der Waals surface area contributed by atoms with Crippen LogP contribution in [0.5, 0.6) is 0 Å². The maximum absolute atomic E-state index is 13.2. The van der Waals surface area contributed by atoms with Gasteiger partial charge in [0.25, 0.3) is 0 Å². The SMILES string of the molecule is Nc1nc2cc(Cl)ccc2n1-c1ccc(F)cc1I. The molecule has 0 bridgehead atoms. The van der Waals surface area contributed by atoms with Crippen LogP contribution in [0.4, 0.5) is 10.3 Å². The first kappa shape index (κ1) is 12.7. The van der Waals surface area contributed by atoms with Gasteiger partial charge in [0.1, 0.15) is 5.82 Å². The Labute approximate surface area is 127 Å². The second-order valence-electron chi connectivity index (χ2n) is 4.03. The lowest BCUT2D eigenvalue weighted by Crippen LogP contribution is -2.02. The molecule has 0 aliphatic heterocycles. The monoisotopic (exact) mass is 387 g/mol. The molecule has 2 N–H and O–H groups in total. The quantitative estimate of drug-likeness (QED) is 0.641. The summed E-state index contributed by atoms with van der Waals surface area (Å²) in [6.45, 7) is 0. The molecule has 0 saturated heterocycles. The topological polar surface area (TPSA) is 43.8 Å². The van der Waals surface area contributed by atoms with Crippen LogP contribution >= 0.6 is 34.2 Å². The van der Waals surface area contributed by atoms with Crippen molar-refractivity contribution in [3.63, 3.8) is 0 Å². The van der Waals surface area contributed by atoms with Gasteiger partial charge in [-0.25, -0.2) is 9.37 Å². The highest BCUT2D eigenvalue weighted by Gasteiger charge is 2.13. The number of fused-ring (bicyclic) bond motifs is 1. The standard InChI is InChI=1S/C13H8ClFIN3/c14-7-1-3-12-10(5-7)18-13(17)19(12)11-4-2-8(15)6-9(11)16/h1-6H,(H2,17,18). The molecule has 0 unspecified atom stereocenters. The molecule has 96 valence electrons. The summed E-state index contributed by atoms with van der Waals surface area (Å²) in [5.41, 5.74) is 8.30. The molecule has 1 aromatic heterocycles. The molecule has 0 amide bonds. The third kappa shape index (κ3) is 2.17. The molecule has 1 heterocycles. The van der Waals surface area contributed by atoms with Gasteiger partial charge in [0.2, 0.25) is 5.95 Å². The summed E-state index contributed by atoms with van der Waals surface area (Å²) in [6, 6.07) is 9.91. The van der Waals surface area contributed by atoms with Gasteiger partial charge in [0.15, 0.2) is 0 Å². The van der Waals surface area contributed by atoms with Crippen LogP contribution in [0.25, 0.3) is 16.7 Å². The Morgan fingerprint density at radius 3 is 2.74 bits per heavy atom. The first-order valence-corrected chi connectivity index (χ1v) is 6.91. The van der Waals surface area contributed by atoms with E-state index in [-0.39, 0.29) is 5.82 Å². The normalized spacial score (nSPS) is 11.1. The van der Waals surface area contributed by atoms with E-state index in [2.05, 4.69) is 27.6 Å². The summed E-state index contributed by atoms with van der Waals surface area (Å²) >= 11 is 8.01. The molecule has 6 heteroatoms. The number of nitrogens with zero attached hydrogens (tertiary/aromatic N) is 2. The van der Waals surface area contributed by atoms with E-state index in [0.29, 0.717) is 16.5 Å². The number of benzene rings is 2. The van der Waals surface area contributed by atoms with Crippen LogP contribution in [0.2, 0.25) is 5.02 Å². The molecule has 0 aliphatic rings. The molecule has 3 nitrogen and oxygen atoms in total. The van der Waals surface area contributed by atoms with Gasteiger partial charge in [-0.3, -0.25) is 4.57 Å². The number of hydrogen-bond donors (Lipinski definition) is 1. The number of imidazole rings is 1. The summed E-state index contributed by atoms with van der Waals surface area (Å²) in [5, 5.41) is 0.603. The number of halogens is 3. The van der Waals surface area contributed by atoms with E-state index in [1.54, 1.807) is 22.8 Å². The molecule has 0 fully saturated rings. The predicted molar refractivity (Wildman–Crippen MR) is 83.2 cm³/mol. The Hall–Kier alpha value is -1.34. The van der Waals surface area contributed by atoms with Crippen LogP contribution in [0, 0.1) is 9.39 Å². The fraction of sp³-hybridized carbons (Fsp3) is 0. The van der Waals surface area contributed by atoms with Crippen LogP contribution < -0.4 is 5.73 Å². The van der Waals surface area contributed by atoms with E-state index in [1.807, 2.05) is 6.07 Å². The number of hydrogen-bond acceptors (Lipinski definition) is 2. The van der Waals surface area contributed by atoms with Crippen LogP contribution in [0.3, 0.4) is 0 Å². The minimum Gasteiger partial charge on any atom is -0.369 e. The largest absolute Gasteiger partial charge is 0.369 e. The van der Waals surface area contributed by atoms with Gasteiger partial charge in [-0.2, -0.15) is 0 Å². The van der Waals surface area contributed by atoms with E-state index < -0.39 is 0 Å². The average Bonchev–Trinajstić information content (AvgIpc) is 2.65. The Kier molecular flexibility index (Phi) is 3.10. The molecule has 3 rings (SSSR count). The molecule has 0 atom stereocenters. The van der Waals surface area contributed by atoms with Gasteiger partial charge < -0.3 is 5.73 Å². The molecule has 19 heavy (non-hydrogen) atoms. The van der Waals surface area contributed by atoms with Crippen molar-refractivity contribution < 1.29 is 4.39 Å². The third-order valence-electron chi connectivity index (χ3n) is 2.79. The zero-order valence-corrected chi connectivity index (χ0v) is 12.5. The summed E-state index contributed by atoms with van der Waals surface area (Å²) in [7, 11) is 0. The van der Waals surface area contributed by atoms with Crippen LogP contribution in [0.15, 0.2) is 36.4 Å². The van der Waals surface area contributed by atoms with Gasteiger partial charge in [-0.1, -0.05) is 11.6 Å². The van der Waals surface area contributed by atoms with E-state index in [1.165, 1.54) is 12.1 Å². The van der Waals surface area contributed by atoms with Crippen molar-refractivity contribution in [3.8, 4) is 5.69 Å². The third-order valence-corrected chi connectivity index (χ3v) is 3.89. The summed E-state index contributed by atoms with van der Waals surface area (Å²) in [6.07, 6.45) is 0. The van der Waals surface area contributed by atoms with Gasteiger partial charge >= 0.3 is 0 Å². The second kappa shape index (κ2) is 4.64. The molecule has 0 aliphatic carbocycles. The van der Waals surface area contributed by atoms with Crippen molar-refractivity contribution in [3.05, 3.63) is 50.8 Å². The summed E-state index contributed by atoms with van der Waals surface area (Å²) in [4.78, 5) is 4.27. The lowest BCUT2D eigenvalue weighted by Gasteiger charge is -2.09. The second-order valence-corrected chi connectivity index (χ2v) is 5.63. The number of nitrogens with two attached hydrogens (primary N) is 1. The van der Waals surface area contributed by atoms with Crippen molar-refractivity contribution in [1.29, 1.82) is 0 Å². The number of anilines is 1. The van der Waals surface area contributed by atoms with Crippen LogP contribution in [-0.2, 0) is 0 Å². The van der Waals surface area contributed by atoms with Crippen molar-refractivity contribution in [2.75, 3.05) is 5.73 Å². The molecule has 2 aromatic carbocycles. The Morgan fingerprint density at radius 1 is 1.21 bits per heavy atom. The zero-order valence-electron chi connectivity index (χ0n) is 9.57. The van der Waals surface area contributed by atoms with Gasteiger partial charge in [0.05, 0.1) is 16.7 Å². The minimum atomic E-state index is -0.279. The molecular weight excluding hydrogens is 380 g/mol. The predicted octanol–water partition coefficient (Wildman–Crippen LogP) is 4.00. The van der Waals surface area contributed by atoms with E-state index in [0.717, 1.165) is 14.8 Å². The highest BCUT2D eigenvalue weighted by Crippen LogP contribution is 2.28. The van der Waals surface area contributed by atoms with Crippen molar-refractivity contribution >= 4 is 51.2 Å². The first-order chi connectivity index (χ1) is 9.06. The lowest BCUT2D eigenvalue weighted by molar-refractivity contribution is 0.626. The number of nitrogen functional groups attached to an aromatic ring is 1. The van der Waals surface area contributed by atoms with Gasteiger partial charge in [-0.05, 0) is 59.0 Å². The average molecular weight is 388 g/mol. The van der Waals surface area contributed by atoms with E-state index >= 15 is 0 Å².